The van der Waals surface area contributed by atoms with Crippen molar-refractivity contribution in [3.8, 4) is 0 Å². The van der Waals surface area contributed by atoms with Gasteiger partial charge in [-0.05, 0) is 35.6 Å². The molecule has 18 heavy (non-hydrogen) atoms. The Morgan fingerprint density at radius 2 is 2.33 bits per heavy atom. The number of nitrogens with one attached hydrogen (secondary N) is 1. The van der Waals surface area contributed by atoms with Crippen molar-refractivity contribution in [3.05, 3.63) is 21.9 Å². The third-order valence-electron chi connectivity index (χ3n) is 3.12. The van der Waals surface area contributed by atoms with Crippen LogP contribution in [0.1, 0.15) is 28.6 Å². The number of rotatable bonds is 4. The predicted octanol–water partition coefficient (Wildman–Crippen LogP) is 2.00. The number of carboxylic acids is 1. The molecule has 1 aliphatic heterocycles. The van der Waals surface area contributed by atoms with Crippen molar-refractivity contribution in [2.45, 2.75) is 25.3 Å². The molecule has 4 nitrogen and oxygen atoms in total. The normalized spacial score (nSPS) is 22.9. The van der Waals surface area contributed by atoms with Gasteiger partial charge in [0, 0.05) is 5.75 Å². The van der Waals surface area contributed by atoms with Crippen LogP contribution in [-0.4, -0.2) is 34.0 Å². The van der Waals surface area contributed by atoms with E-state index in [1.807, 2.05) is 18.4 Å². The van der Waals surface area contributed by atoms with Gasteiger partial charge in [-0.2, -0.15) is 11.8 Å². The average molecular weight is 285 g/mol. The zero-order valence-corrected chi connectivity index (χ0v) is 11.7. The Kier molecular flexibility index (Phi) is 3.97. The van der Waals surface area contributed by atoms with Crippen LogP contribution in [0.5, 0.6) is 0 Å². The van der Waals surface area contributed by atoms with Gasteiger partial charge in [0.15, 0.2) is 0 Å². The fraction of sp³-hybridized carbons (Fsp3) is 0.500. The summed E-state index contributed by atoms with van der Waals surface area (Å²) < 4.78 is 0. The quantitative estimate of drug-likeness (QED) is 0.888. The monoisotopic (exact) mass is 285 g/mol. The summed E-state index contributed by atoms with van der Waals surface area (Å²) in [6.45, 7) is 1.98. The summed E-state index contributed by atoms with van der Waals surface area (Å²) in [4.78, 5) is 24.2. The van der Waals surface area contributed by atoms with Gasteiger partial charge in [-0.1, -0.05) is 6.92 Å². The van der Waals surface area contributed by atoms with Crippen LogP contribution in [0.3, 0.4) is 0 Å². The molecule has 6 heteroatoms. The van der Waals surface area contributed by atoms with Gasteiger partial charge < -0.3 is 10.4 Å². The minimum absolute atomic E-state index is 0.258. The molecule has 98 valence electrons. The lowest BCUT2D eigenvalue weighted by atomic mass is 9.99. The van der Waals surface area contributed by atoms with Gasteiger partial charge in [-0.3, -0.25) is 4.79 Å². The highest BCUT2D eigenvalue weighted by molar-refractivity contribution is 7.99. The van der Waals surface area contributed by atoms with Gasteiger partial charge in [-0.15, -0.1) is 11.3 Å². The highest BCUT2D eigenvalue weighted by Gasteiger charge is 2.43. The molecule has 1 unspecified atom stereocenters. The molecule has 1 amide bonds. The lowest BCUT2D eigenvalue weighted by molar-refractivity contribution is -0.143. The Morgan fingerprint density at radius 1 is 1.56 bits per heavy atom. The number of amides is 1. The maximum absolute atomic E-state index is 12.2. The molecular formula is C12H15NO3S2. The number of aliphatic carboxylic acids is 1. The predicted molar refractivity (Wildman–Crippen MR) is 73.5 cm³/mol. The van der Waals surface area contributed by atoms with E-state index in [9.17, 15) is 14.7 Å². The molecule has 1 aromatic rings. The van der Waals surface area contributed by atoms with Crippen LogP contribution in [0.2, 0.25) is 0 Å². The molecule has 1 fully saturated rings. The van der Waals surface area contributed by atoms with E-state index < -0.39 is 11.5 Å². The van der Waals surface area contributed by atoms with E-state index in [4.69, 9.17) is 0 Å². The van der Waals surface area contributed by atoms with Gasteiger partial charge in [-0.25, -0.2) is 4.79 Å². The molecule has 0 aromatic carbocycles. The standard InChI is InChI=1S/C12H15NO3S2/c1-2-8-3-5-18-9(8)10(14)13-12(11(15)16)4-6-17-7-12/h3,5H,2,4,6-7H2,1H3,(H,13,14)(H,15,16). The zero-order valence-electron chi connectivity index (χ0n) is 10.1. The molecule has 0 spiro atoms. The van der Waals surface area contributed by atoms with E-state index in [2.05, 4.69) is 5.32 Å². The summed E-state index contributed by atoms with van der Waals surface area (Å²) in [5.74, 6) is 0.0284. The van der Waals surface area contributed by atoms with Crippen molar-refractivity contribution in [2.24, 2.45) is 0 Å². The first-order chi connectivity index (χ1) is 8.59. The minimum Gasteiger partial charge on any atom is -0.479 e. The summed E-state index contributed by atoms with van der Waals surface area (Å²) in [6.07, 6.45) is 1.27. The van der Waals surface area contributed by atoms with Crippen LogP contribution < -0.4 is 5.32 Å². The van der Waals surface area contributed by atoms with Crippen LogP contribution in [0.25, 0.3) is 0 Å². The fourth-order valence-corrected chi connectivity index (χ4v) is 4.19. The van der Waals surface area contributed by atoms with Gasteiger partial charge in [0.2, 0.25) is 0 Å². The second kappa shape index (κ2) is 5.32. The molecule has 2 rings (SSSR count). The lowest BCUT2D eigenvalue weighted by Gasteiger charge is -2.24. The number of hydrogen-bond donors (Lipinski definition) is 2. The summed E-state index contributed by atoms with van der Waals surface area (Å²) in [7, 11) is 0. The molecule has 1 atom stereocenters. The first kappa shape index (κ1) is 13.4. The lowest BCUT2D eigenvalue weighted by Crippen LogP contribution is -2.54. The van der Waals surface area contributed by atoms with E-state index in [-0.39, 0.29) is 5.91 Å². The van der Waals surface area contributed by atoms with E-state index in [1.165, 1.54) is 11.3 Å². The summed E-state index contributed by atoms with van der Waals surface area (Å²) in [5, 5.41) is 13.9. The molecule has 2 heterocycles. The van der Waals surface area contributed by atoms with E-state index in [0.717, 1.165) is 17.7 Å². The number of thioether (sulfide) groups is 1. The molecule has 0 saturated carbocycles. The smallest absolute Gasteiger partial charge is 0.330 e. The Bertz CT molecular complexity index is 464. The Labute approximate surface area is 114 Å². The van der Waals surface area contributed by atoms with Crippen molar-refractivity contribution in [2.75, 3.05) is 11.5 Å². The van der Waals surface area contributed by atoms with Crippen molar-refractivity contribution in [1.29, 1.82) is 0 Å². The maximum atomic E-state index is 12.2. The summed E-state index contributed by atoms with van der Waals surface area (Å²) in [5.41, 5.74) is -0.111. The molecule has 0 radical (unpaired) electrons. The summed E-state index contributed by atoms with van der Waals surface area (Å²) >= 11 is 2.93. The van der Waals surface area contributed by atoms with Crippen LogP contribution in [0, 0.1) is 0 Å². The van der Waals surface area contributed by atoms with Gasteiger partial charge in [0.25, 0.3) is 5.91 Å². The number of carboxylic acid groups (broad SMARTS) is 1. The average Bonchev–Trinajstić information content (AvgIpc) is 2.97. The number of thiophene rings is 1. The molecule has 1 aliphatic rings. The third-order valence-corrected chi connectivity index (χ3v) is 5.26. The van der Waals surface area contributed by atoms with Crippen LogP contribution in [-0.2, 0) is 11.2 Å². The number of aryl methyl sites for hydroxylation is 1. The van der Waals surface area contributed by atoms with Gasteiger partial charge >= 0.3 is 5.97 Å². The fourth-order valence-electron chi connectivity index (χ4n) is 1.97. The van der Waals surface area contributed by atoms with Crippen molar-refractivity contribution in [1.82, 2.24) is 5.32 Å². The van der Waals surface area contributed by atoms with Crippen molar-refractivity contribution in [3.63, 3.8) is 0 Å². The zero-order chi connectivity index (χ0) is 13.2. The first-order valence-corrected chi connectivity index (χ1v) is 7.82. The third kappa shape index (κ3) is 2.40. The number of carbonyl (C=O) groups is 2. The molecule has 2 N–H and O–H groups in total. The number of hydrogen-bond acceptors (Lipinski definition) is 4. The second-order valence-corrected chi connectivity index (χ2v) is 6.29. The molecule has 0 bridgehead atoms. The molecule has 1 saturated heterocycles. The topological polar surface area (TPSA) is 66.4 Å². The van der Waals surface area contributed by atoms with Crippen LogP contribution in [0.4, 0.5) is 0 Å². The van der Waals surface area contributed by atoms with E-state index in [1.54, 1.807) is 11.8 Å². The van der Waals surface area contributed by atoms with Crippen LogP contribution in [0.15, 0.2) is 11.4 Å². The molecular weight excluding hydrogens is 270 g/mol. The highest BCUT2D eigenvalue weighted by atomic mass is 32.2. The second-order valence-electron chi connectivity index (χ2n) is 4.27. The number of carbonyl (C=O) groups excluding carboxylic acids is 1. The Balaban J connectivity index is 2.18. The van der Waals surface area contributed by atoms with E-state index >= 15 is 0 Å². The summed E-state index contributed by atoms with van der Waals surface area (Å²) in [6, 6.07) is 1.91. The molecule has 0 aliphatic carbocycles. The van der Waals surface area contributed by atoms with Crippen molar-refractivity contribution < 1.29 is 14.7 Å². The maximum Gasteiger partial charge on any atom is 0.330 e. The van der Waals surface area contributed by atoms with E-state index in [0.29, 0.717) is 17.1 Å². The Morgan fingerprint density at radius 3 is 2.89 bits per heavy atom. The van der Waals surface area contributed by atoms with Crippen LogP contribution >= 0.6 is 23.1 Å². The first-order valence-electron chi connectivity index (χ1n) is 5.79. The van der Waals surface area contributed by atoms with Gasteiger partial charge in [0.1, 0.15) is 5.54 Å². The van der Waals surface area contributed by atoms with Crippen molar-refractivity contribution >= 4 is 35.0 Å². The molecule has 1 aromatic heterocycles. The Hall–Kier alpha value is -1.01. The highest BCUT2D eigenvalue weighted by Crippen LogP contribution is 2.29. The largest absolute Gasteiger partial charge is 0.479 e. The SMILES string of the molecule is CCc1ccsc1C(=O)NC1(C(=O)O)CCSC1. The minimum atomic E-state index is -1.09. The van der Waals surface area contributed by atoms with Gasteiger partial charge in [0.05, 0.1) is 4.88 Å².